The fourth-order valence-corrected chi connectivity index (χ4v) is 6.20. The molecule has 0 bridgehead atoms. The van der Waals surface area contributed by atoms with Gasteiger partial charge in [0.05, 0.1) is 0 Å². The molecule has 40 heavy (non-hydrogen) atoms. The Morgan fingerprint density at radius 3 is 1.68 bits per heavy atom. The maximum absolute atomic E-state index is 3.76. The van der Waals surface area contributed by atoms with Crippen LogP contribution in [0.2, 0.25) is 0 Å². The Bertz CT molecular complexity index is 1820. The van der Waals surface area contributed by atoms with Gasteiger partial charge in [0, 0.05) is 22.4 Å². The summed E-state index contributed by atoms with van der Waals surface area (Å²) in [5.41, 5.74) is 14.9. The molecular formula is C39H31N. The van der Waals surface area contributed by atoms with Crippen molar-refractivity contribution >= 4 is 11.4 Å². The highest BCUT2D eigenvalue weighted by atomic mass is 14.9. The lowest BCUT2D eigenvalue weighted by molar-refractivity contribution is 0.661. The molecule has 0 radical (unpaired) electrons. The third-order valence-corrected chi connectivity index (χ3v) is 8.26. The second-order valence-corrected chi connectivity index (χ2v) is 11.1. The van der Waals surface area contributed by atoms with E-state index in [1.807, 2.05) is 0 Å². The maximum atomic E-state index is 3.76. The molecule has 1 heteroatoms. The van der Waals surface area contributed by atoms with E-state index in [1.165, 1.54) is 55.6 Å². The van der Waals surface area contributed by atoms with Gasteiger partial charge in [-0.1, -0.05) is 129 Å². The highest BCUT2D eigenvalue weighted by molar-refractivity contribution is 5.96. The van der Waals surface area contributed by atoms with Gasteiger partial charge in [0.1, 0.15) is 0 Å². The molecule has 6 aromatic rings. The molecule has 1 aliphatic rings. The van der Waals surface area contributed by atoms with E-state index in [9.17, 15) is 0 Å². The van der Waals surface area contributed by atoms with Crippen LogP contribution in [0.5, 0.6) is 0 Å². The standard InChI is InChI=1S/C39H31N/c1-39(2)35-23-22-31(40-37-21-13-12-20-32(37)28-16-8-4-9-17-28)26-34(35)38-33(29-18-10-5-11-19-29)24-30(25-36(38)39)27-14-6-3-7-15-27/h3-26,40H,1-2H3. The van der Waals surface area contributed by atoms with Crippen molar-refractivity contribution in [2.24, 2.45) is 0 Å². The number of benzene rings is 6. The third-order valence-electron chi connectivity index (χ3n) is 8.26. The topological polar surface area (TPSA) is 12.0 Å². The van der Waals surface area contributed by atoms with E-state index in [1.54, 1.807) is 0 Å². The zero-order chi connectivity index (χ0) is 27.1. The predicted octanol–water partition coefficient (Wildman–Crippen LogP) is 10.7. The summed E-state index contributed by atoms with van der Waals surface area (Å²) in [5.74, 6) is 0. The van der Waals surface area contributed by atoms with Crippen LogP contribution < -0.4 is 5.32 Å². The molecular weight excluding hydrogens is 482 g/mol. The number of nitrogens with one attached hydrogen (secondary N) is 1. The summed E-state index contributed by atoms with van der Waals surface area (Å²) < 4.78 is 0. The van der Waals surface area contributed by atoms with Crippen molar-refractivity contribution in [2.75, 3.05) is 5.32 Å². The van der Waals surface area contributed by atoms with Crippen LogP contribution in [0.4, 0.5) is 11.4 Å². The van der Waals surface area contributed by atoms with Crippen LogP contribution in [0.3, 0.4) is 0 Å². The minimum absolute atomic E-state index is 0.112. The van der Waals surface area contributed by atoms with Gasteiger partial charge in [0.15, 0.2) is 0 Å². The zero-order valence-corrected chi connectivity index (χ0v) is 22.9. The zero-order valence-electron chi connectivity index (χ0n) is 22.9. The molecule has 0 heterocycles. The molecule has 1 aliphatic carbocycles. The lowest BCUT2D eigenvalue weighted by Crippen LogP contribution is -2.15. The first-order valence-corrected chi connectivity index (χ1v) is 14.0. The van der Waals surface area contributed by atoms with E-state index in [2.05, 4.69) is 165 Å². The number of anilines is 2. The average Bonchev–Trinajstić information content (AvgIpc) is 3.24. The molecule has 0 saturated carbocycles. The number of hydrogen-bond donors (Lipinski definition) is 1. The molecule has 1 nitrogen and oxygen atoms in total. The summed E-state index contributed by atoms with van der Waals surface area (Å²) in [5, 5.41) is 3.76. The summed E-state index contributed by atoms with van der Waals surface area (Å²) >= 11 is 0. The number of hydrogen-bond acceptors (Lipinski definition) is 1. The normalized spacial score (nSPS) is 12.9. The third kappa shape index (κ3) is 4.12. The Kier molecular flexibility index (Phi) is 5.86. The van der Waals surface area contributed by atoms with E-state index in [0.717, 1.165) is 11.4 Å². The van der Waals surface area contributed by atoms with Gasteiger partial charge in [-0.3, -0.25) is 0 Å². The van der Waals surface area contributed by atoms with Crippen molar-refractivity contribution in [1.29, 1.82) is 0 Å². The molecule has 6 aromatic carbocycles. The lowest BCUT2D eigenvalue weighted by Gasteiger charge is -2.23. The molecule has 1 N–H and O–H groups in total. The van der Waals surface area contributed by atoms with Crippen molar-refractivity contribution in [2.45, 2.75) is 19.3 Å². The van der Waals surface area contributed by atoms with Crippen molar-refractivity contribution < 1.29 is 0 Å². The summed E-state index contributed by atoms with van der Waals surface area (Å²) in [7, 11) is 0. The minimum Gasteiger partial charge on any atom is -0.355 e. The van der Waals surface area contributed by atoms with Gasteiger partial charge in [-0.2, -0.15) is 0 Å². The fourth-order valence-electron chi connectivity index (χ4n) is 6.20. The van der Waals surface area contributed by atoms with Crippen LogP contribution in [-0.2, 0) is 5.41 Å². The van der Waals surface area contributed by atoms with Gasteiger partial charge in [0.25, 0.3) is 0 Å². The second kappa shape index (κ2) is 9.70. The van der Waals surface area contributed by atoms with E-state index < -0.39 is 0 Å². The highest BCUT2D eigenvalue weighted by Gasteiger charge is 2.37. The van der Waals surface area contributed by atoms with Crippen molar-refractivity contribution in [1.82, 2.24) is 0 Å². The first-order valence-electron chi connectivity index (χ1n) is 14.0. The van der Waals surface area contributed by atoms with Gasteiger partial charge in [-0.15, -0.1) is 0 Å². The Morgan fingerprint density at radius 2 is 1.00 bits per heavy atom. The first kappa shape index (κ1) is 24.2. The molecule has 7 rings (SSSR count). The van der Waals surface area contributed by atoms with Gasteiger partial charge in [-0.25, -0.2) is 0 Å². The monoisotopic (exact) mass is 513 g/mol. The number of para-hydroxylation sites is 1. The van der Waals surface area contributed by atoms with Crippen LogP contribution in [0, 0.1) is 0 Å². The maximum Gasteiger partial charge on any atom is 0.0463 e. The largest absolute Gasteiger partial charge is 0.355 e. The SMILES string of the molecule is CC1(C)c2ccc(Nc3ccccc3-c3ccccc3)cc2-c2c(-c3ccccc3)cc(-c3ccccc3)cc21. The second-order valence-electron chi connectivity index (χ2n) is 11.1. The van der Waals surface area contributed by atoms with Crippen LogP contribution in [0.15, 0.2) is 146 Å². The Morgan fingerprint density at radius 1 is 0.425 bits per heavy atom. The molecule has 0 saturated heterocycles. The number of fused-ring (bicyclic) bond motifs is 3. The van der Waals surface area contributed by atoms with Gasteiger partial charge in [0.2, 0.25) is 0 Å². The quantitative estimate of drug-likeness (QED) is 0.242. The Balaban J connectivity index is 1.39. The summed E-state index contributed by atoms with van der Waals surface area (Å²) in [6.07, 6.45) is 0. The van der Waals surface area contributed by atoms with Crippen molar-refractivity contribution in [3.63, 3.8) is 0 Å². The van der Waals surface area contributed by atoms with Crippen LogP contribution in [0.1, 0.15) is 25.0 Å². The smallest absolute Gasteiger partial charge is 0.0463 e. The molecule has 0 spiro atoms. The number of rotatable bonds is 5. The minimum atomic E-state index is -0.112. The Labute approximate surface area is 236 Å². The summed E-state index contributed by atoms with van der Waals surface area (Å²) in [6.45, 7) is 4.72. The van der Waals surface area contributed by atoms with Gasteiger partial charge in [-0.05, 0) is 80.4 Å². The summed E-state index contributed by atoms with van der Waals surface area (Å²) in [4.78, 5) is 0. The summed E-state index contributed by atoms with van der Waals surface area (Å²) in [6, 6.07) is 52.4. The van der Waals surface area contributed by atoms with Gasteiger partial charge < -0.3 is 5.32 Å². The first-order chi connectivity index (χ1) is 19.6. The van der Waals surface area contributed by atoms with E-state index in [4.69, 9.17) is 0 Å². The molecule has 0 unspecified atom stereocenters. The van der Waals surface area contributed by atoms with Gasteiger partial charge >= 0.3 is 0 Å². The van der Waals surface area contributed by atoms with Crippen molar-refractivity contribution in [3.05, 3.63) is 157 Å². The van der Waals surface area contributed by atoms with E-state index >= 15 is 0 Å². The molecule has 192 valence electrons. The van der Waals surface area contributed by atoms with Crippen LogP contribution in [-0.4, -0.2) is 0 Å². The van der Waals surface area contributed by atoms with E-state index in [0.29, 0.717) is 0 Å². The Hall–Kier alpha value is -4.88. The molecule has 0 fully saturated rings. The predicted molar refractivity (Wildman–Crippen MR) is 170 cm³/mol. The van der Waals surface area contributed by atoms with Crippen LogP contribution >= 0.6 is 0 Å². The highest BCUT2D eigenvalue weighted by Crippen LogP contribution is 2.54. The molecule has 0 aliphatic heterocycles. The lowest BCUT2D eigenvalue weighted by atomic mass is 9.80. The fraction of sp³-hybridized carbons (Fsp3) is 0.0769. The molecule has 0 atom stereocenters. The molecule has 0 amide bonds. The van der Waals surface area contributed by atoms with E-state index in [-0.39, 0.29) is 5.41 Å². The van der Waals surface area contributed by atoms with Crippen LogP contribution in [0.25, 0.3) is 44.5 Å². The molecule has 0 aromatic heterocycles. The average molecular weight is 514 g/mol. The van der Waals surface area contributed by atoms with Crippen molar-refractivity contribution in [3.8, 4) is 44.5 Å².